The number of hydrogen-bond acceptors (Lipinski definition) is 2. The third-order valence-electron chi connectivity index (χ3n) is 6.00. The van der Waals surface area contributed by atoms with Crippen LogP contribution in [0.4, 0.5) is 0 Å². The number of unbranched alkanes of at least 4 members (excludes halogenated alkanes) is 3. The van der Waals surface area contributed by atoms with Crippen LogP contribution < -0.4 is 9.47 Å². The second kappa shape index (κ2) is 13.2. The molecule has 3 heteroatoms. The van der Waals surface area contributed by atoms with Crippen molar-refractivity contribution in [3.63, 3.8) is 0 Å². The maximum absolute atomic E-state index is 6.46. The van der Waals surface area contributed by atoms with E-state index in [9.17, 15) is 0 Å². The minimum atomic E-state index is -2.23. The first kappa shape index (κ1) is 24.1. The van der Waals surface area contributed by atoms with Gasteiger partial charge in [-0.2, -0.15) is 0 Å². The minimum absolute atomic E-state index is 0.892. The summed E-state index contributed by atoms with van der Waals surface area (Å²) in [5, 5.41) is 0. The second-order valence-electron chi connectivity index (χ2n) is 8.35. The van der Waals surface area contributed by atoms with E-state index in [1.807, 2.05) is 12.1 Å². The molecule has 0 radical (unpaired) electrons. The fourth-order valence-electron chi connectivity index (χ4n) is 4.01. The van der Waals surface area contributed by atoms with E-state index in [0.29, 0.717) is 0 Å². The molecule has 2 aromatic rings. The van der Waals surface area contributed by atoms with Crippen LogP contribution in [0.15, 0.2) is 48.5 Å². The van der Waals surface area contributed by atoms with E-state index in [0.717, 1.165) is 16.1 Å². The van der Waals surface area contributed by atoms with Crippen molar-refractivity contribution in [2.75, 3.05) is 11.7 Å². The summed E-state index contributed by atoms with van der Waals surface area (Å²) in [6, 6.07) is 16.9. The first-order valence-electron chi connectivity index (χ1n) is 11.5. The molecule has 0 unspecified atom stereocenters. The fourth-order valence-corrected chi connectivity index (χ4v) is 18.2. The summed E-state index contributed by atoms with van der Waals surface area (Å²) < 4.78 is 17.3. The molecule has 2 rings (SSSR count). The zero-order valence-electron chi connectivity index (χ0n) is 19.0. The predicted molar refractivity (Wildman–Crippen MR) is 129 cm³/mol. The van der Waals surface area contributed by atoms with Gasteiger partial charge in [0, 0.05) is 0 Å². The van der Waals surface area contributed by atoms with Crippen LogP contribution in [0.25, 0.3) is 11.1 Å². The number of methoxy groups -OCH3 is 1. The zero-order valence-corrected chi connectivity index (χ0v) is 21.9. The Labute approximate surface area is 182 Å². The van der Waals surface area contributed by atoms with Crippen molar-refractivity contribution in [1.29, 1.82) is 0 Å². The molecule has 0 aromatic heterocycles. The molecule has 0 atom stereocenters. The van der Waals surface area contributed by atoms with E-state index < -0.39 is 18.4 Å². The van der Waals surface area contributed by atoms with Gasteiger partial charge in [0.1, 0.15) is 0 Å². The van der Waals surface area contributed by atoms with Crippen LogP contribution in [0.1, 0.15) is 59.3 Å². The van der Waals surface area contributed by atoms with Crippen molar-refractivity contribution in [1.82, 2.24) is 0 Å². The van der Waals surface area contributed by atoms with Gasteiger partial charge in [0.05, 0.1) is 0 Å². The van der Waals surface area contributed by atoms with Crippen LogP contribution in [0.3, 0.4) is 0 Å². The molecule has 0 fully saturated rings. The van der Waals surface area contributed by atoms with Gasteiger partial charge in [-0.15, -0.1) is 0 Å². The van der Waals surface area contributed by atoms with E-state index >= 15 is 0 Å². The van der Waals surface area contributed by atoms with Crippen LogP contribution in [0, 0.1) is 0 Å². The molecular formula is C26H40O2Sn. The van der Waals surface area contributed by atoms with Gasteiger partial charge in [0.15, 0.2) is 0 Å². The Bertz CT molecular complexity index is 657. The van der Waals surface area contributed by atoms with Crippen molar-refractivity contribution in [2.45, 2.75) is 72.6 Å². The molecule has 0 saturated carbocycles. The number of ether oxygens (including phenoxy) is 2. The van der Waals surface area contributed by atoms with Gasteiger partial charge in [0.2, 0.25) is 0 Å². The fraction of sp³-hybridized carbons (Fsp3) is 0.538. The van der Waals surface area contributed by atoms with Gasteiger partial charge >= 0.3 is 183 Å². The Kier molecular flexibility index (Phi) is 11.0. The van der Waals surface area contributed by atoms with Gasteiger partial charge in [0.25, 0.3) is 0 Å². The molecule has 2 aromatic carbocycles. The monoisotopic (exact) mass is 504 g/mol. The maximum atomic E-state index is 6.46. The molecule has 0 saturated heterocycles. The Hall–Kier alpha value is -1.16. The van der Waals surface area contributed by atoms with Crippen LogP contribution in [0.5, 0.6) is 11.5 Å². The predicted octanol–water partition coefficient (Wildman–Crippen LogP) is 8.13. The topological polar surface area (TPSA) is 18.5 Å². The van der Waals surface area contributed by atoms with E-state index in [-0.39, 0.29) is 0 Å². The Balaban J connectivity index is 2.06. The quantitative estimate of drug-likeness (QED) is 0.243. The second-order valence-corrected chi connectivity index (χ2v) is 22.0. The van der Waals surface area contributed by atoms with E-state index in [2.05, 4.69) is 57.2 Å². The first-order chi connectivity index (χ1) is 14.2. The molecule has 0 N–H and O–H groups in total. The SMILES string of the molecule is CCC[CH2][Sn]([CH2]CCC)([CH2]CCC)[CH2]Oc1ccc(-c2ccc(OC)cc2)cc1. The molecular weight excluding hydrogens is 463 g/mol. The third-order valence-corrected chi connectivity index (χ3v) is 20.3. The molecule has 0 amide bonds. The van der Waals surface area contributed by atoms with E-state index in [4.69, 9.17) is 9.47 Å². The molecule has 0 spiro atoms. The summed E-state index contributed by atoms with van der Waals surface area (Å²) in [5.41, 5.74) is 2.43. The van der Waals surface area contributed by atoms with Crippen molar-refractivity contribution in [3.05, 3.63) is 48.5 Å². The summed E-state index contributed by atoms with van der Waals surface area (Å²) >= 11 is -2.23. The van der Waals surface area contributed by atoms with Crippen molar-refractivity contribution >= 4 is 18.4 Å². The Morgan fingerprint density at radius 2 is 1.03 bits per heavy atom. The summed E-state index contributed by atoms with van der Waals surface area (Å²) in [7, 11) is 1.70. The molecule has 0 aliphatic rings. The normalized spacial score (nSPS) is 11.4. The molecule has 0 heterocycles. The van der Waals surface area contributed by atoms with Gasteiger partial charge in [-0.3, -0.25) is 0 Å². The summed E-state index contributed by atoms with van der Waals surface area (Å²) in [6.45, 7) is 6.99. The van der Waals surface area contributed by atoms with Crippen molar-refractivity contribution < 1.29 is 9.47 Å². The van der Waals surface area contributed by atoms with Crippen LogP contribution in [0.2, 0.25) is 13.3 Å². The molecule has 160 valence electrons. The average molecular weight is 503 g/mol. The van der Waals surface area contributed by atoms with Gasteiger partial charge < -0.3 is 0 Å². The van der Waals surface area contributed by atoms with Crippen LogP contribution in [-0.2, 0) is 0 Å². The third kappa shape index (κ3) is 7.88. The van der Waals surface area contributed by atoms with E-state index in [1.165, 1.54) is 63.0 Å². The molecule has 0 bridgehead atoms. The van der Waals surface area contributed by atoms with Crippen molar-refractivity contribution in [3.8, 4) is 22.6 Å². The molecule has 0 aliphatic carbocycles. The number of rotatable bonds is 14. The first-order valence-corrected chi connectivity index (χ1v) is 19.6. The van der Waals surface area contributed by atoms with Gasteiger partial charge in [-0.1, -0.05) is 0 Å². The van der Waals surface area contributed by atoms with E-state index in [1.54, 1.807) is 7.11 Å². The Morgan fingerprint density at radius 3 is 1.41 bits per heavy atom. The zero-order chi connectivity index (χ0) is 21.0. The van der Waals surface area contributed by atoms with Gasteiger partial charge in [-0.05, 0) is 0 Å². The van der Waals surface area contributed by atoms with Gasteiger partial charge in [-0.25, -0.2) is 0 Å². The molecule has 2 nitrogen and oxygen atoms in total. The summed E-state index contributed by atoms with van der Waals surface area (Å²) in [5.74, 6) is 1.93. The van der Waals surface area contributed by atoms with Crippen molar-refractivity contribution in [2.24, 2.45) is 0 Å². The number of hydrogen-bond donors (Lipinski definition) is 0. The van der Waals surface area contributed by atoms with Crippen LogP contribution in [-0.4, -0.2) is 30.1 Å². The Morgan fingerprint density at radius 1 is 0.621 bits per heavy atom. The molecule has 0 aliphatic heterocycles. The molecule has 29 heavy (non-hydrogen) atoms. The number of benzene rings is 2. The summed E-state index contributed by atoms with van der Waals surface area (Å²) in [6.07, 6.45) is 8.12. The standard InChI is InChI=1S/C14H13O2.3C4H9.Sn/c1-15-13-7-3-11(4-8-13)12-5-9-14(16-2)10-6-12;3*1-3-4-2;/h3-10H,1H2,2H3;3*1,3-4H2,2H3;. The van der Waals surface area contributed by atoms with Crippen LogP contribution >= 0.6 is 0 Å². The summed E-state index contributed by atoms with van der Waals surface area (Å²) in [4.78, 5) is 0. The average Bonchev–Trinajstić information content (AvgIpc) is 2.78.